The quantitative estimate of drug-likeness (QED) is 0.540. The fourth-order valence-corrected chi connectivity index (χ4v) is 1.02. The molecule has 0 heterocycles. The Kier molecular flexibility index (Phi) is 4.57. The zero-order valence-electron chi connectivity index (χ0n) is 8.99. The zero-order valence-corrected chi connectivity index (χ0v) is 8.99. The lowest BCUT2D eigenvalue weighted by molar-refractivity contribution is -0.170. The average Bonchev–Trinajstić information content (AvgIpc) is 2.04. The van der Waals surface area contributed by atoms with E-state index < -0.39 is 17.5 Å². The molecular formula is C11H18O3. The summed E-state index contributed by atoms with van der Waals surface area (Å²) in [6.07, 6.45) is 2.69. The molecule has 0 aromatic rings. The van der Waals surface area contributed by atoms with Crippen molar-refractivity contribution in [3.05, 3.63) is 25.3 Å². The number of carbonyl (C=O) groups is 1. The monoisotopic (exact) mass is 198 g/mol. The van der Waals surface area contributed by atoms with Gasteiger partial charge < -0.3 is 9.84 Å². The van der Waals surface area contributed by atoms with Crippen molar-refractivity contribution < 1.29 is 14.6 Å². The van der Waals surface area contributed by atoms with Gasteiger partial charge in [-0.2, -0.15) is 0 Å². The van der Waals surface area contributed by atoms with Crippen LogP contribution in [0.4, 0.5) is 0 Å². The third kappa shape index (κ3) is 3.00. The van der Waals surface area contributed by atoms with Gasteiger partial charge >= 0.3 is 5.97 Å². The van der Waals surface area contributed by atoms with Gasteiger partial charge in [0, 0.05) is 5.92 Å². The molecule has 0 saturated heterocycles. The molecule has 3 heteroatoms. The second-order valence-corrected chi connectivity index (χ2v) is 3.60. The van der Waals surface area contributed by atoms with Crippen LogP contribution < -0.4 is 0 Å². The van der Waals surface area contributed by atoms with Crippen LogP contribution in [0.25, 0.3) is 0 Å². The number of hydrogen-bond acceptors (Lipinski definition) is 3. The van der Waals surface area contributed by atoms with E-state index in [4.69, 9.17) is 4.74 Å². The Balaban J connectivity index is 4.66. The normalized spacial score (nSPS) is 15.0. The minimum absolute atomic E-state index is 0.246. The average molecular weight is 198 g/mol. The van der Waals surface area contributed by atoms with Crippen molar-refractivity contribution in [3.8, 4) is 0 Å². The van der Waals surface area contributed by atoms with Crippen LogP contribution in [-0.2, 0) is 9.53 Å². The van der Waals surface area contributed by atoms with Gasteiger partial charge in [0.25, 0.3) is 0 Å². The molecule has 0 spiro atoms. The predicted molar refractivity (Wildman–Crippen MR) is 55.7 cm³/mol. The highest BCUT2D eigenvalue weighted by Crippen LogP contribution is 2.21. The first-order valence-corrected chi connectivity index (χ1v) is 4.54. The number of ether oxygens (including phenoxy) is 1. The minimum atomic E-state index is -1.59. The molecule has 0 radical (unpaired) electrons. The Hall–Kier alpha value is -1.09. The van der Waals surface area contributed by atoms with Crippen LogP contribution in [0, 0.1) is 5.92 Å². The van der Waals surface area contributed by atoms with Gasteiger partial charge in [0.15, 0.2) is 5.60 Å². The van der Waals surface area contributed by atoms with Crippen molar-refractivity contribution in [3.63, 3.8) is 0 Å². The van der Waals surface area contributed by atoms with Gasteiger partial charge in [-0.3, -0.25) is 0 Å². The van der Waals surface area contributed by atoms with E-state index in [1.165, 1.54) is 19.1 Å². The van der Waals surface area contributed by atoms with Gasteiger partial charge in [-0.1, -0.05) is 12.2 Å². The van der Waals surface area contributed by atoms with Crippen molar-refractivity contribution in [2.45, 2.75) is 32.5 Å². The van der Waals surface area contributed by atoms with Crippen LogP contribution in [0.3, 0.4) is 0 Å². The molecule has 80 valence electrons. The summed E-state index contributed by atoms with van der Waals surface area (Å²) in [5.41, 5.74) is -1.59. The van der Waals surface area contributed by atoms with E-state index in [9.17, 15) is 9.90 Å². The first kappa shape index (κ1) is 12.9. The number of carbonyl (C=O) groups excluding carboxylic acids is 1. The molecule has 0 saturated carbocycles. The molecule has 0 bridgehead atoms. The molecule has 3 nitrogen and oxygen atoms in total. The highest BCUT2D eigenvalue weighted by atomic mass is 16.6. The first-order valence-electron chi connectivity index (χ1n) is 4.54. The molecule has 1 unspecified atom stereocenters. The zero-order chi connectivity index (χ0) is 11.4. The van der Waals surface area contributed by atoms with E-state index in [1.54, 1.807) is 13.8 Å². The van der Waals surface area contributed by atoms with Crippen LogP contribution >= 0.6 is 0 Å². The Morgan fingerprint density at radius 1 is 1.43 bits per heavy atom. The van der Waals surface area contributed by atoms with Crippen molar-refractivity contribution in [1.82, 2.24) is 0 Å². The maximum Gasteiger partial charge on any atom is 0.339 e. The molecule has 0 aliphatic carbocycles. The summed E-state index contributed by atoms with van der Waals surface area (Å²) < 4.78 is 4.92. The summed E-state index contributed by atoms with van der Waals surface area (Å²) in [7, 11) is 0. The molecule has 0 aliphatic rings. The SMILES string of the molecule is C=CC(C=C)C(C)(O)C(=O)OC(C)C. The third-order valence-corrected chi connectivity index (χ3v) is 1.91. The molecule has 1 atom stereocenters. The van der Waals surface area contributed by atoms with E-state index in [-0.39, 0.29) is 6.10 Å². The summed E-state index contributed by atoms with van der Waals surface area (Å²) >= 11 is 0. The maximum atomic E-state index is 11.5. The van der Waals surface area contributed by atoms with Gasteiger partial charge in [-0.25, -0.2) is 4.79 Å². The van der Waals surface area contributed by atoms with Crippen molar-refractivity contribution >= 4 is 5.97 Å². The molecule has 0 amide bonds. The van der Waals surface area contributed by atoms with E-state index >= 15 is 0 Å². The molecule has 0 fully saturated rings. The van der Waals surface area contributed by atoms with Crippen LogP contribution in [0.5, 0.6) is 0 Å². The van der Waals surface area contributed by atoms with E-state index in [0.717, 1.165) is 0 Å². The van der Waals surface area contributed by atoms with Crippen molar-refractivity contribution in [1.29, 1.82) is 0 Å². The summed E-state index contributed by atoms with van der Waals surface area (Å²) in [5.74, 6) is -1.16. The Labute approximate surface area is 85.1 Å². The second kappa shape index (κ2) is 4.96. The van der Waals surface area contributed by atoms with Crippen LogP contribution in [-0.4, -0.2) is 22.8 Å². The standard InChI is InChI=1S/C11H18O3/c1-6-9(7-2)11(5,13)10(12)14-8(3)4/h6-9,13H,1-2H2,3-5H3. The van der Waals surface area contributed by atoms with Crippen LogP contribution in [0.1, 0.15) is 20.8 Å². The molecule has 0 rings (SSSR count). The highest BCUT2D eigenvalue weighted by molar-refractivity contribution is 5.80. The Morgan fingerprint density at radius 2 is 1.86 bits per heavy atom. The van der Waals surface area contributed by atoms with Gasteiger partial charge in [0.2, 0.25) is 0 Å². The van der Waals surface area contributed by atoms with Gasteiger partial charge in [0.05, 0.1) is 6.10 Å². The summed E-state index contributed by atoms with van der Waals surface area (Å²) in [4.78, 5) is 11.5. The number of hydrogen-bond donors (Lipinski definition) is 1. The highest BCUT2D eigenvalue weighted by Gasteiger charge is 2.38. The fourth-order valence-electron chi connectivity index (χ4n) is 1.02. The van der Waals surface area contributed by atoms with Gasteiger partial charge in [0.1, 0.15) is 0 Å². The number of aliphatic hydroxyl groups is 1. The Bertz CT molecular complexity index is 221. The van der Waals surface area contributed by atoms with Crippen molar-refractivity contribution in [2.24, 2.45) is 5.92 Å². The molecule has 1 N–H and O–H groups in total. The molecule has 14 heavy (non-hydrogen) atoms. The summed E-state index contributed by atoms with van der Waals surface area (Å²) in [6.45, 7) is 11.9. The lowest BCUT2D eigenvalue weighted by Gasteiger charge is -2.27. The number of esters is 1. The van der Waals surface area contributed by atoms with Crippen LogP contribution in [0.15, 0.2) is 25.3 Å². The third-order valence-electron chi connectivity index (χ3n) is 1.91. The van der Waals surface area contributed by atoms with Gasteiger partial charge in [-0.15, -0.1) is 13.2 Å². The molecule has 0 aliphatic heterocycles. The van der Waals surface area contributed by atoms with Crippen molar-refractivity contribution in [2.75, 3.05) is 0 Å². The largest absolute Gasteiger partial charge is 0.461 e. The first-order chi connectivity index (χ1) is 6.36. The second-order valence-electron chi connectivity index (χ2n) is 3.60. The predicted octanol–water partition coefficient (Wildman–Crippen LogP) is 1.68. The fraction of sp³-hybridized carbons (Fsp3) is 0.545. The van der Waals surface area contributed by atoms with Crippen LogP contribution in [0.2, 0.25) is 0 Å². The lowest BCUT2D eigenvalue weighted by Crippen LogP contribution is -2.43. The van der Waals surface area contributed by atoms with Gasteiger partial charge in [-0.05, 0) is 20.8 Å². The molecule has 0 aromatic carbocycles. The van der Waals surface area contributed by atoms with E-state index in [0.29, 0.717) is 0 Å². The minimum Gasteiger partial charge on any atom is -0.461 e. The van der Waals surface area contributed by atoms with E-state index in [1.807, 2.05) is 0 Å². The summed E-state index contributed by atoms with van der Waals surface area (Å²) in [6, 6.07) is 0. The lowest BCUT2D eigenvalue weighted by atomic mass is 9.89. The van der Waals surface area contributed by atoms with E-state index in [2.05, 4.69) is 13.2 Å². The smallest absolute Gasteiger partial charge is 0.339 e. The molecular weight excluding hydrogens is 180 g/mol. The number of rotatable bonds is 5. The molecule has 0 aromatic heterocycles. The summed E-state index contributed by atoms with van der Waals surface area (Å²) in [5, 5.41) is 9.87. The topological polar surface area (TPSA) is 46.5 Å². The Morgan fingerprint density at radius 3 is 2.14 bits per heavy atom. The maximum absolute atomic E-state index is 11.5.